The summed E-state index contributed by atoms with van der Waals surface area (Å²) >= 11 is 0. The number of piperidine rings is 1. The Hall–Kier alpha value is -0.970. The number of benzene rings is 1. The van der Waals surface area contributed by atoms with E-state index in [1.165, 1.54) is 32.2 Å². The molecule has 2 saturated heterocycles. The minimum Gasteiger partial charge on any atom is -0.381 e. The van der Waals surface area contributed by atoms with Crippen molar-refractivity contribution in [2.45, 2.75) is 38.1 Å². The Morgan fingerprint density at radius 1 is 1.21 bits per heavy atom. The van der Waals surface area contributed by atoms with Crippen LogP contribution in [0.5, 0.6) is 0 Å². The van der Waals surface area contributed by atoms with E-state index in [0.29, 0.717) is 6.04 Å². The zero-order chi connectivity index (χ0) is 16.8. The van der Waals surface area contributed by atoms with Crippen molar-refractivity contribution in [3.63, 3.8) is 0 Å². The van der Waals surface area contributed by atoms with Crippen LogP contribution >= 0.6 is 0 Å². The molecule has 2 aliphatic rings. The summed E-state index contributed by atoms with van der Waals surface area (Å²) in [7, 11) is 2.27. The zero-order valence-electron chi connectivity index (χ0n) is 14.9. The molecule has 3 rings (SSSR count). The first-order chi connectivity index (χ1) is 11.7. The molecule has 0 amide bonds. The first-order valence-electron chi connectivity index (χ1n) is 9.46. The van der Waals surface area contributed by atoms with Crippen LogP contribution in [0.25, 0.3) is 0 Å². The molecule has 2 aliphatic heterocycles. The van der Waals surface area contributed by atoms with E-state index < -0.39 is 0 Å². The van der Waals surface area contributed by atoms with Gasteiger partial charge in [0.15, 0.2) is 0 Å². The van der Waals surface area contributed by atoms with Crippen molar-refractivity contribution in [1.29, 1.82) is 0 Å². The Labute approximate surface area is 145 Å². The van der Waals surface area contributed by atoms with Crippen molar-refractivity contribution >= 4 is 0 Å². The van der Waals surface area contributed by atoms with Gasteiger partial charge in [0.2, 0.25) is 0 Å². The number of likely N-dealkylation sites (tertiary alicyclic amines) is 1. The fraction of sp³-hybridized carbons (Fsp3) is 0.700. The number of rotatable bonds is 6. The highest BCUT2D eigenvalue weighted by Gasteiger charge is 2.25. The minimum atomic E-state index is -0.0645. The fourth-order valence-electron chi connectivity index (χ4n) is 4.17. The smallest absolute Gasteiger partial charge is 0.126 e. The van der Waals surface area contributed by atoms with Crippen molar-refractivity contribution in [2.75, 3.05) is 46.4 Å². The van der Waals surface area contributed by atoms with Crippen LogP contribution in [0.1, 0.15) is 31.2 Å². The average molecular weight is 334 g/mol. The van der Waals surface area contributed by atoms with Crippen molar-refractivity contribution in [3.8, 4) is 0 Å². The van der Waals surface area contributed by atoms with Gasteiger partial charge in [0.1, 0.15) is 5.82 Å². The molecule has 1 aromatic carbocycles. The van der Waals surface area contributed by atoms with Gasteiger partial charge in [-0.15, -0.1) is 0 Å². The molecule has 4 heteroatoms. The van der Waals surface area contributed by atoms with Gasteiger partial charge in [-0.05, 0) is 63.2 Å². The maximum Gasteiger partial charge on any atom is 0.126 e. The van der Waals surface area contributed by atoms with Gasteiger partial charge >= 0.3 is 0 Å². The van der Waals surface area contributed by atoms with Gasteiger partial charge in [-0.2, -0.15) is 0 Å². The summed E-state index contributed by atoms with van der Waals surface area (Å²) in [5.41, 5.74) is 0.846. The van der Waals surface area contributed by atoms with E-state index in [2.05, 4.69) is 16.8 Å². The van der Waals surface area contributed by atoms with E-state index in [-0.39, 0.29) is 5.82 Å². The molecule has 0 N–H and O–H groups in total. The van der Waals surface area contributed by atoms with Gasteiger partial charge in [-0.1, -0.05) is 18.2 Å². The zero-order valence-corrected chi connectivity index (χ0v) is 14.9. The Morgan fingerprint density at radius 2 is 2.00 bits per heavy atom. The van der Waals surface area contributed by atoms with Crippen LogP contribution in [0.3, 0.4) is 0 Å². The number of hydrogen-bond donors (Lipinski definition) is 0. The SMILES string of the molecule is CN(C[C@H]1CCCN(CCc2ccccc2F)C1)C1CCOCC1. The van der Waals surface area contributed by atoms with Crippen molar-refractivity contribution < 1.29 is 9.13 Å². The van der Waals surface area contributed by atoms with Crippen LogP contribution in [0.2, 0.25) is 0 Å². The predicted molar refractivity (Wildman–Crippen MR) is 95.7 cm³/mol. The maximum atomic E-state index is 13.8. The van der Waals surface area contributed by atoms with Gasteiger partial charge in [-0.3, -0.25) is 0 Å². The summed E-state index contributed by atoms with van der Waals surface area (Å²) in [4.78, 5) is 5.08. The summed E-state index contributed by atoms with van der Waals surface area (Å²) in [6, 6.07) is 7.86. The standard InChI is InChI=1S/C20H31FN2O/c1-22(19-9-13-24-14-10-19)15-17-5-4-11-23(16-17)12-8-18-6-2-3-7-20(18)21/h2-3,6-7,17,19H,4-5,8-16H2,1H3/t17-/m1/s1. The molecule has 3 nitrogen and oxygen atoms in total. The summed E-state index contributed by atoms with van der Waals surface area (Å²) in [6.45, 7) is 6.29. The van der Waals surface area contributed by atoms with Crippen molar-refractivity contribution in [3.05, 3.63) is 35.6 Å². The van der Waals surface area contributed by atoms with Gasteiger partial charge in [-0.25, -0.2) is 4.39 Å². The van der Waals surface area contributed by atoms with Crippen LogP contribution in [-0.2, 0) is 11.2 Å². The van der Waals surface area contributed by atoms with E-state index in [1.54, 1.807) is 12.1 Å². The Kier molecular flexibility index (Phi) is 6.64. The highest BCUT2D eigenvalue weighted by Crippen LogP contribution is 2.21. The van der Waals surface area contributed by atoms with E-state index in [0.717, 1.165) is 50.8 Å². The van der Waals surface area contributed by atoms with E-state index in [9.17, 15) is 4.39 Å². The average Bonchev–Trinajstić information content (AvgIpc) is 2.62. The molecule has 0 bridgehead atoms. The van der Waals surface area contributed by atoms with E-state index >= 15 is 0 Å². The molecule has 134 valence electrons. The lowest BCUT2D eigenvalue weighted by Gasteiger charge is -2.38. The van der Waals surface area contributed by atoms with Crippen LogP contribution in [0.15, 0.2) is 24.3 Å². The molecule has 24 heavy (non-hydrogen) atoms. The van der Waals surface area contributed by atoms with Crippen LogP contribution in [0, 0.1) is 11.7 Å². The number of ether oxygens (including phenoxy) is 1. The Bertz CT molecular complexity index is 504. The lowest BCUT2D eigenvalue weighted by molar-refractivity contribution is 0.0324. The van der Waals surface area contributed by atoms with E-state index in [4.69, 9.17) is 4.74 Å². The van der Waals surface area contributed by atoms with Gasteiger partial charge in [0.25, 0.3) is 0 Å². The molecule has 0 unspecified atom stereocenters. The molecule has 1 aromatic rings. The molecule has 1 atom stereocenters. The molecular weight excluding hydrogens is 303 g/mol. The highest BCUT2D eigenvalue weighted by atomic mass is 19.1. The Morgan fingerprint density at radius 3 is 2.79 bits per heavy atom. The highest BCUT2D eigenvalue weighted by molar-refractivity contribution is 5.17. The monoisotopic (exact) mass is 334 g/mol. The van der Waals surface area contributed by atoms with E-state index in [1.807, 2.05) is 12.1 Å². The number of halogens is 1. The van der Waals surface area contributed by atoms with Gasteiger partial charge in [0.05, 0.1) is 0 Å². The lowest BCUT2D eigenvalue weighted by atomic mass is 9.95. The quantitative estimate of drug-likeness (QED) is 0.795. The van der Waals surface area contributed by atoms with Crippen LogP contribution in [0.4, 0.5) is 4.39 Å². The number of nitrogens with zero attached hydrogens (tertiary/aromatic N) is 2. The first-order valence-corrected chi connectivity index (χ1v) is 9.46. The Balaban J connectivity index is 1.44. The molecule has 0 saturated carbocycles. The number of hydrogen-bond acceptors (Lipinski definition) is 3. The van der Waals surface area contributed by atoms with Crippen LogP contribution < -0.4 is 0 Å². The molecule has 0 radical (unpaired) electrons. The normalized spacial score (nSPS) is 23.7. The third-order valence-corrected chi connectivity index (χ3v) is 5.62. The second-order valence-corrected chi connectivity index (χ2v) is 7.43. The summed E-state index contributed by atoms with van der Waals surface area (Å²) in [5, 5.41) is 0. The topological polar surface area (TPSA) is 15.7 Å². The molecule has 2 heterocycles. The second-order valence-electron chi connectivity index (χ2n) is 7.43. The molecule has 0 aliphatic carbocycles. The third kappa shape index (κ3) is 5.01. The maximum absolute atomic E-state index is 13.8. The molecular formula is C20H31FN2O. The fourth-order valence-corrected chi connectivity index (χ4v) is 4.17. The second kappa shape index (κ2) is 8.93. The molecule has 0 aromatic heterocycles. The summed E-state index contributed by atoms with van der Waals surface area (Å²) < 4.78 is 19.2. The molecule has 0 spiro atoms. The van der Waals surface area contributed by atoms with Gasteiger partial charge < -0.3 is 14.5 Å². The minimum absolute atomic E-state index is 0.0645. The molecule has 2 fully saturated rings. The van der Waals surface area contributed by atoms with Crippen molar-refractivity contribution in [1.82, 2.24) is 9.80 Å². The summed E-state index contributed by atoms with van der Waals surface area (Å²) in [6.07, 6.45) is 5.74. The first kappa shape index (κ1) is 17.8. The third-order valence-electron chi connectivity index (χ3n) is 5.62. The predicted octanol–water partition coefficient (Wildman–Crippen LogP) is 3.19. The largest absolute Gasteiger partial charge is 0.381 e. The lowest BCUT2D eigenvalue weighted by Crippen LogP contribution is -2.44. The summed E-state index contributed by atoms with van der Waals surface area (Å²) in [5.74, 6) is 0.678. The van der Waals surface area contributed by atoms with Crippen LogP contribution in [-0.4, -0.2) is 62.3 Å². The van der Waals surface area contributed by atoms with Gasteiger partial charge in [0, 0.05) is 38.9 Å². The van der Waals surface area contributed by atoms with Crippen molar-refractivity contribution in [2.24, 2.45) is 5.92 Å².